The summed E-state index contributed by atoms with van der Waals surface area (Å²) in [5, 5.41) is 7.40. The van der Waals surface area contributed by atoms with Crippen LogP contribution in [0.2, 0.25) is 5.02 Å². The number of guanidine groups is 1. The highest BCUT2D eigenvalue weighted by molar-refractivity contribution is 14.0. The SMILES string of the molecule is CCNC(=NCc1nc(C)c(C)o1)NCC(C)(C)c1cccc(Cl)c1.I. The van der Waals surface area contributed by atoms with Crippen LogP contribution in [0, 0.1) is 13.8 Å². The Bertz CT molecular complexity index is 723. The first-order valence-electron chi connectivity index (χ1n) is 8.53. The first-order chi connectivity index (χ1) is 11.8. The van der Waals surface area contributed by atoms with Gasteiger partial charge >= 0.3 is 0 Å². The standard InChI is InChI=1S/C19H27ClN4O.HI/c1-6-21-18(22-11-17-24-13(2)14(3)25-17)23-12-19(4,5)15-8-7-9-16(20)10-15;/h7-10H,6,11-12H2,1-5H3,(H2,21,22,23);1H. The molecule has 2 N–H and O–H groups in total. The Morgan fingerprint density at radius 2 is 2.00 bits per heavy atom. The van der Waals surface area contributed by atoms with E-state index in [2.05, 4.69) is 40.5 Å². The minimum absolute atomic E-state index is 0. The number of nitrogens with one attached hydrogen (secondary N) is 2. The lowest BCUT2D eigenvalue weighted by Crippen LogP contribution is -2.43. The molecule has 1 heterocycles. The molecule has 144 valence electrons. The van der Waals surface area contributed by atoms with E-state index in [1.54, 1.807) is 0 Å². The molecule has 5 nitrogen and oxygen atoms in total. The zero-order valence-electron chi connectivity index (χ0n) is 16.0. The van der Waals surface area contributed by atoms with Crippen LogP contribution in [0.15, 0.2) is 33.7 Å². The number of hydrogen-bond donors (Lipinski definition) is 2. The van der Waals surface area contributed by atoms with E-state index in [-0.39, 0.29) is 29.4 Å². The first kappa shape index (κ1) is 22.8. The van der Waals surface area contributed by atoms with Crippen LogP contribution in [0.25, 0.3) is 0 Å². The van der Waals surface area contributed by atoms with E-state index < -0.39 is 0 Å². The van der Waals surface area contributed by atoms with Gasteiger partial charge in [-0.15, -0.1) is 24.0 Å². The Morgan fingerprint density at radius 1 is 1.27 bits per heavy atom. The van der Waals surface area contributed by atoms with Crippen molar-refractivity contribution in [3.8, 4) is 0 Å². The molecule has 0 aliphatic carbocycles. The molecule has 1 aromatic carbocycles. The van der Waals surface area contributed by atoms with Crippen LogP contribution in [0.4, 0.5) is 0 Å². The van der Waals surface area contributed by atoms with Gasteiger partial charge in [0.1, 0.15) is 12.3 Å². The molecule has 0 spiro atoms. The summed E-state index contributed by atoms with van der Waals surface area (Å²) < 4.78 is 5.58. The number of benzene rings is 1. The second-order valence-corrected chi connectivity index (χ2v) is 7.13. The van der Waals surface area contributed by atoms with Gasteiger partial charge in [-0.2, -0.15) is 0 Å². The third-order valence-corrected chi connectivity index (χ3v) is 4.33. The average Bonchev–Trinajstić information content (AvgIpc) is 2.88. The molecule has 0 amide bonds. The summed E-state index contributed by atoms with van der Waals surface area (Å²) in [6.45, 7) is 12.2. The predicted molar refractivity (Wildman–Crippen MR) is 119 cm³/mol. The van der Waals surface area contributed by atoms with Crippen LogP contribution in [-0.4, -0.2) is 24.0 Å². The monoisotopic (exact) mass is 490 g/mol. The number of aryl methyl sites for hydroxylation is 2. The van der Waals surface area contributed by atoms with E-state index >= 15 is 0 Å². The van der Waals surface area contributed by atoms with Crippen LogP contribution < -0.4 is 10.6 Å². The number of hydrogen-bond acceptors (Lipinski definition) is 3. The highest BCUT2D eigenvalue weighted by Gasteiger charge is 2.21. The van der Waals surface area contributed by atoms with Crippen molar-refractivity contribution in [2.75, 3.05) is 13.1 Å². The summed E-state index contributed by atoms with van der Waals surface area (Å²) in [6, 6.07) is 7.97. The summed E-state index contributed by atoms with van der Waals surface area (Å²) in [4.78, 5) is 8.93. The van der Waals surface area contributed by atoms with Crippen molar-refractivity contribution in [3.63, 3.8) is 0 Å². The van der Waals surface area contributed by atoms with Crippen molar-refractivity contribution in [2.24, 2.45) is 4.99 Å². The van der Waals surface area contributed by atoms with E-state index in [0.29, 0.717) is 12.4 Å². The maximum absolute atomic E-state index is 6.12. The largest absolute Gasteiger partial charge is 0.444 e. The summed E-state index contributed by atoms with van der Waals surface area (Å²) in [7, 11) is 0. The highest BCUT2D eigenvalue weighted by atomic mass is 127. The zero-order chi connectivity index (χ0) is 18.4. The van der Waals surface area contributed by atoms with Crippen molar-refractivity contribution < 1.29 is 4.42 Å². The molecule has 7 heteroatoms. The van der Waals surface area contributed by atoms with Crippen molar-refractivity contribution in [2.45, 2.75) is 46.6 Å². The molecule has 0 bridgehead atoms. The van der Waals surface area contributed by atoms with E-state index in [0.717, 1.165) is 35.5 Å². The fourth-order valence-corrected chi connectivity index (χ4v) is 2.60. The number of oxazole rings is 1. The molecule has 0 unspecified atom stereocenters. The van der Waals surface area contributed by atoms with Gasteiger partial charge < -0.3 is 15.1 Å². The maximum Gasteiger partial charge on any atom is 0.216 e. The lowest BCUT2D eigenvalue weighted by molar-refractivity contribution is 0.471. The third-order valence-electron chi connectivity index (χ3n) is 4.09. The maximum atomic E-state index is 6.12. The number of aromatic nitrogens is 1. The van der Waals surface area contributed by atoms with Crippen LogP contribution in [0.3, 0.4) is 0 Å². The number of halogens is 2. The molecular formula is C19H28ClIN4O. The molecule has 2 aromatic rings. The molecule has 0 atom stereocenters. The van der Waals surface area contributed by atoms with Gasteiger partial charge in [0.2, 0.25) is 5.89 Å². The number of rotatable bonds is 6. The Kier molecular flexibility index (Phi) is 8.89. The van der Waals surface area contributed by atoms with Gasteiger partial charge in [0.05, 0.1) is 5.69 Å². The summed E-state index contributed by atoms with van der Waals surface area (Å²) in [5.41, 5.74) is 2.00. The fourth-order valence-electron chi connectivity index (χ4n) is 2.41. The Hall–Kier alpha value is -1.28. The molecule has 0 radical (unpaired) electrons. The summed E-state index contributed by atoms with van der Waals surface area (Å²) in [6.07, 6.45) is 0. The normalized spacial score (nSPS) is 11.8. The Morgan fingerprint density at radius 3 is 2.58 bits per heavy atom. The molecule has 0 fully saturated rings. The molecule has 0 aliphatic heterocycles. The predicted octanol–water partition coefficient (Wildman–Crippen LogP) is 4.60. The van der Waals surface area contributed by atoms with Crippen LogP contribution in [0.1, 0.15) is 43.7 Å². The number of nitrogens with zero attached hydrogens (tertiary/aromatic N) is 2. The lowest BCUT2D eigenvalue weighted by atomic mass is 9.84. The average molecular weight is 491 g/mol. The van der Waals surface area contributed by atoms with Crippen molar-refractivity contribution >= 4 is 41.5 Å². The molecule has 0 saturated heterocycles. The Balaban J connectivity index is 0.00000338. The highest BCUT2D eigenvalue weighted by Crippen LogP contribution is 2.24. The van der Waals surface area contributed by atoms with E-state index in [9.17, 15) is 0 Å². The Labute approximate surface area is 178 Å². The van der Waals surface area contributed by atoms with Crippen molar-refractivity contribution in [1.29, 1.82) is 0 Å². The van der Waals surface area contributed by atoms with Gasteiger partial charge in [-0.05, 0) is 38.5 Å². The molecular weight excluding hydrogens is 463 g/mol. The lowest BCUT2D eigenvalue weighted by Gasteiger charge is -2.27. The van der Waals surface area contributed by atoms with E-state index in [1.165, 1.54) is 5.56 Å². The summed E-state index contributed by atoms with van der Waals surface area (Å²) >= 11 is 6.12. The smallest absolute Gasteiger partial charge is 0.216 e. The summed E-state index contributed by atoms with van der Waals surface area (Å²) in [5.74, 6) is 2.21. The van der Waals surface area contributed by atoms with Crippen molar-refractivity contribution in [1.82, 2.24) is 15.6 Å². The zero-order valence-corrected chi connectivity index (χ0v) is 19.1. The topological polar surface area (TPSA) is 62.5 Å². The molecule has 0 aliphatic rings. The van der Waals surface area contributed by atoms with Crippen LogP contribution in [0.5, 0.6) is 0 Å². The van der Waals surface area contributed by atoms with Crippen LogP contribution >= 0.6 is 35.6 Å². The minimum Gasteiger partial charge on any atom is -0.444 e. The van der Waals surface area contributed by atoms with Gasteiger partial charge in [-0.3, -0.25) is 0 Å². The third kappa shape index (κ3) is 6.46. The molecule has 1 aromatic heterocycles. The van der Waals surface area contributed by atoms with Crippen LogP contribution in [-0.2, 0) is 12.0 Å². The second-order valence-electron chi connectivity index (χ2n) is 6.69. The fraction of sp³-hybridized carbons (Fsp3) is 0.474. The van der Waals surface area contributed by atoms with Crippen molar-refractivity contribution in [3.05, 3.63) is 52.2 Å². The van der Waals surface area contributed by atoms with Gasteiger partial charge in [-0.25, -0.2) is 9.98 Å². The minimum atomic E-state index is -0.0861. The molecule has 0 saturated carbocycles. The van der Waals surface area contributed by atoms with E-state index in [4.69, 9.17) is 16.0 Å². The van der Waals surface area contributed by atoms with Gasteiger partial charge in [0.25, 0.3) is 0 Å². The van der Waals surface area contributed by atoms with Gasteiger partial charge in [0.15, 0.2) is 5.96 Å². The van der Waals surface area contributed by atoms with Gasteiger partial charge in [0, 0.05) is 23.5 Å². The second kappa shape index (κ2) is 10.2. The molecule has 26 heavy (non-hydrogen) atoms. The first-order valence-corrected chi connectivity index (χ1v) is 8.90. The number of aliphatic imine (C=N–C) groups is 1. The quantitative estimate of drug-likeness (QED) is 0.353. The molecule has 2 rings (SSSR count). The van der Waals surface area contributed by atoms with E-state index in [1.807, 2.05) is 39.0 Å². The van der Waals surface area contributed by atoms with Gasteiger partial charge in [-0.1, -0.05) is 37.6 Å².